The molecule has 0 heterocycles. The third-order valence-electron chi connectivity index (χ3n) is 3.58. The van der Waals surface area contributed by atoms with E-state index in [4.69, 9.17) is 5.73 Å². The summed E-state index contributed by atoms with van der Waals surface area (Å²) in [5, 5.41) is 2.77. The maximum Gasteiger partial charge on any atom is 0.240 e. The van der Waals surface area contributed by atoms with E-state index >= 15 is 0 Å². The molecule has 0 saturated heterocycles. The first-order valence-electron chi connectivity index (χ1n) is 7.68. The molecule has 0 spiro atoms. The van der Waals surface area contributed by atoms with Crippen LogP contribution in [0.5, 0.6) is 0 Å². The van der Waals surface area contributed by atoms with Crippen LogP contribution >= 0.6 is 12.6 Å². The summed E-state index contributed by atoms with van der Waals surface area (Å²) in [4.78, 5) is 23.8. The molecule has 1 unspecified atom stereocenters. The number of hydrogen-bond donors (Lipinski definition) is 3. The fourth-order valence-corrected chi connectivity index (χ4v) is 2.65. The number of rotatable bonds is 9. The van der Waals surface area contributed by atoms with Gasteiger partial charge in [-0.3, -0.25) is 9.59 Å². The normalized spacial score (nSPS) is 13.6. The van der Waals surface area contributed by atoms with Gasteiger partial charge in [0.05, 0.1) is 0 Å². The smallest absolute Gasteiger partial charge is 0.240 e. The number of nitrogens with one attached hydrogen (secondary N) is 1. The standard InChI is InChI=1S/C17H26N2O2S/c1-12(2)10-15(16(18)20)19-17(21)14(11-22)9-8-13-6-4-3-5-7-13/h3-7,12,14-15,22H,8-11H2,1-2H3,(H2,18,20)(H,19,21)/t14?,15-/m0/s1. The van der Waals surface area contributed by atoms with Crippen LogP contribution in [0.25, 0.3) is 0 Å². The van der Waals surface area contributed by atoms with Gasteiger partial charge in [-0.2, -0.15) is 12.6 Å². The Kier molecular flexibility index (Phi) is 8.02. The van der Waals surface area contributed by atoms with Crippen molar-refractivity contribution in [1.29, 1.82) is 0 Å². The summed E-state index contributed by atoms with van der Waals surface area (Å²) in [7, 11) is 0. The summed E-state index contributed by atoms with van der Waals surface area (Å²) in [6, 6.07) is 9.41. The fraction of sp³-hybridized carbons (Fsp3) is 0.529. The van der Waals surface area contributed by atoms with Gasteiger partial charge in [0.1, 0.15) is 6.04 Å². The molecule has 4 nitrogen and oxygen atoms in total. The summed E-state index contributed by atoms with van der Waals surface area (Å²) >= 11 is 4.27. The van der Waals surface area contributed by atoms with Crippen LogP contribution in [0.15, 0.2) is 30.3 Å². The van der Waals surface area contributed by atoms with Gasteiger partial charge in [-0.1, -0.05) is 44.2 Å². The molecule has 0 aliphatic carbocycles. The lowest BCUT2D eigenvalue weighted by atomic mass is 9.98. The Morgan fingerprint density at radius 1 is 1.23 bits per heavy atom. The number of amides is 2. The Morgan fingerprint density at radius 2 is 1.86 bits per heavy atom. The van der Waals surface area contributed by atoms with Crippen LogP contribution in [0.2, 0.25) is 0 Å². The van der Waals surface area contributed by atoms with E-state index in [2.05, 4.69) is 17.9 Å². The lowest BCUT2D eigenvalue weighted by molar-refractivity contribution is -0.129. The van der Waals surface area contributed by atoms with Crippen LogP contribution in [0.1, 0.15) is 32.3 Å². The van der Waals surface area contributed by atoms with E-state index in [1.807, 2.05) is 44.2 Å². The van der Waals surface area contributed by atoms with Crippen molar-refractivity contribution in [2.24, 2.45) is 17.6 Å². The molecule has 22 heavy (non-hydrogen) atoms. The Labute approximate surface area is 138 Å². The summed E-state index contributed by atoms with van der Waals surface area (Å²) in [6.07, 6.45) is 2.07. The summed E-state index contributed by atoms with van der Waals surface area (Å²) in [6.45, 7) is 3.99. The van der Waals surface area contributed by atoms with Gasteiger partial charge in [0.25, 0.3) is 0 Å². The van der Waals surface area contributed by atoms with Crippen molar-refractivity contribution in [3.63, 3.8) is 0 Å². The minimum atomic E-state index is -0.605. The zero-order valence-corrected chi connectivity index (χ0v) is 14.2. The Balaban J connectivity index is 2.57. The lowest BCUT2D eigenvalue weighted by Gasteiger charge is -2.21. The van der Waals surface area contributed by atoms with E-state index in [0.717, 1.165) is 6.42 Å². The van der Waals surface area contributed by atoms with E-state index in [0.29, 0.717) is 18.6 Å². The average Bonchev–Trinajstić information content (AvgIpc) is 2.47. The molecule has 1 aromatic rings. The molecule has 0 fully saturated rings. The van der Waals surface area contributed by atoms with Gasteiger partial charge in [0.15, 0.2) is 0 Å². The van der Waals surface area contributed by atoms with Gasteiger partial charge in [0.2, 0.25) is 11.8 Å². The first kappa shape index (κ1) is 18.6. The van der Waals surface area contributed by atoms with Crippen LogP contribution in [0, 0.1) is 11.8 Å². The fourth-order valence-electron chi connectivity index (χ4n) is 2.30. The van der Waals surface area contributed by atoms with Crippen molar-refractivity contribution in [2.75, 3.05) is 5.75 Å². The highest BCUT2D eigenvalue weighted by Gasteiger charge is 2.23. The zero-order valence-electron chi connectivity index (χ0n) is 13.3. The Bertz CT molecular complexity index is 477. The van der Waals surface area contributed by atoms with Crippen LogP contribution in [0.3, 0.4) is 0 Å². The SMILES string of the molecule is CC(C)C[C@H](NC(=O)C(CS)CCc1ccccc1)C(N)=O. The largest absolute Gasteiger partial charge is 0.368 e. The zero-order chi connectivity index (χ0) is 16.5. The second-order valence-electron chi connectivity index (χ2n) is 6.00. The maximum atomic E-state index is 12.3. The minimum Gasteiger partial charge on any atom is -0.368 e. The lowest BCUT2D eigenvalue weighted by Crippen LogP contribution is -2.47. The third-order valence-corrected chi connectivity index (χ3v) is 4.02. The maximum absolute atomic E-state index is 12.3. The Hall–Kier alpha value is -1.49. The molecule has 1 aromatic carbocycles. The van der Waals surface area contributed by atoms with Gasteiger partial charge >= 0.3 is 0 Å². The molecule has 122 valence electrons. The van der Waals surface area contributed by atoms with Crippen LogP contribution < -0.4 is 11.1 Å². The van der Waals surface area contributed by atoms with Gasteiger partial charge in [-0.25, -0.2) is 0 Å². The number of carbonyl (C=O) groups is 2. The molecule has 2 atom stereocenters. The average molecular weight is 322 g/mol. The Morgan fingerprint density at radius 3 is 2.36 bits per heavy atom. The summed E-state index contributed by atoms with van der Waals surface area (Å²) in [5.74, 6) is -0.112. The first-order valence-corrected chi connectivity index (χ1v) is 8.31. The molecular formula is C17H26N2O2S. The predicted octanol–water partition coefficient (Wildman–Crippen LogP) is 2.18. The number of nitrogens with two attached hydrogens (primary N) is 1. The second kappa shape index (κ2) is 9.51. The minimum absolute atomic E-state index is 0.143. The predicted molar refractivity (Wildman–Crippen MR) is 92.7 cm³/mol. The number of aryl methyl sites for hydroxylation is 1. The van der Waals surface area contributed by atoms with Crippen molar-refractivity contribution in [3.05, 3.63) is 35.9 Å². The molecule has 1 rings (SSSR count). The number of primary amides is 1. The summed E-state index contributed by atoms with van der Waals surface area (Å²) < 4.78 is 0. The van der Waals surface area contributed by atoms with Crippen molar-refractivity contribution in [2.45, 2.75) is 39.2 Å². The molecule has 0 aromatic heterocycles. The van der Waals surface area contributed by atoms with Crippen molar-refractivity contribution >= 4 is 24.4 Å². The van der Waals surface area contributed by atoms with E-state index < -0.39 is 11.9 Å². The van der Waals surface area contributed by atoms with Crippen molar-refractivity contribution in [1.82, 2.24) is 5.32 Å². The molecule has 0 aliphatic rings. The van der Waals surface area contributed by atoms with E-state index in [1.165, 1.54) is 5.56 Å². The van der Waals surface area contributed by atoms with Gasteiger partial charge in [-0.15, -0.1) is 0 Å². The highest BCUT2D eigenvalue weighted by molar-refractivity contribution is 7.80. The van der Waals surface area contributed by atoms with Crippen molar-refractivity contribution < 1.29 is 9.59 Å². The van der Waals surface area contributed by atoms with E-state index in [9.17, 15) is 9.59 Å². The molecule has 2 amide bonds. The van der Waals surface area contributed by atoms with Gasteiger partial charge in [-0.05, 0) is 30.7 Å². The van der Waals surface area contributed by atoms with E-state index in [1.54, 1.807) is 0 Å². The highest BCUT2D eigenvalue weighted by atomic mass is 32.1. The quantitative estimate of drug-likeness (QED) is 0.610. The van der Waals surface area contributed by atoms with Gasteiger partial charge in [0, 0.05) is 11.7 Å². The van der Waals surface area contributed by atoms with E-state index in [-0.39, 0.29) is 17.7 Å². The van der Waals surface area contributed by atoms with Crippen molar-refractivity contribution in [3.8, 4) is 0 Å². The van der Waals surface area contributed by atoms with Crippen LogP contribution in [-0.4, -0.2) is 23.6 Å². The highest BCUT2D eigenvalue weighted by Crippen LogP contribution is 2.13. The number of thiol groups is 1. The van der Waals surface area contributed by atoms with Gasteiger partial charge < -0.3 is 11.1 Å². The molecule has 5 heteroatoms. The molecule has 0 saturated carbocycles. The molecule has 0 radical (unpaired) electrons. The first-order chi connectivity index (χ1) is 10.4. The third kappa shape index (κ3) is 6.52. The van der Waals surface area contributed by atoms with Crippen LogP contribution in [0.4, 0.5) is 0 Å². The number of benzene rings is 1. The summed E-state index contributed by atoms with van der Waals surface area (Å²) in [5.41, 5.74) is 6.56. The molecule has 0 bridgehead atoms. The second-order valence-corrected chi connectivity index (χ2v) is 6.36. The molecule has 3 N–H and O–H groups in total. The number of hydrogen-bond acceptors (Lipinski definition) is 3. The van der Waals surface area contributed by atoms with Crippen LogP contribution in [-0.2, 0) is 16.0 Å². The molecule has 0 aliphatic heterocycles. The topological polar surface area (TPSA) is 72.2 Å². The monoisotopic (exact) mass is 322 g/mol. The number of carbonyl (C=O) groups excluding carboxylic acids is 2. The molecular weight excluding hydrogens is 296 g/mol.